The zero-order chi connectivity index (χ0) is 13.8. The Bertz CT molecular complexity index is 598. The molecule has 0 spiro atoms. The molecule has 19 heavy (non-hydrogen) atoms. The van der Waals surface area contributed by atoms with Gasteiger partial charge in [-0.2, -0.15) is 0 Å². The molecule has 0 aliphatic heterocycles. The summed E-state index contributed by atoms with van der Waals surface area (Å²) < 4.78 is 13.6. The van der Waals surface area contributed by atoms with Crippen molar-refractivity contribution in [2.75, 3.05) is 10.7 Å². The standard InChI is InChI=1S/C13H13FN4O/c1-8-2-4-11(10(14)6-8)17-13(19)9-3-5-12(18-15)16-7-9/h2-7H,15H2,1H3,(H,16,18)(H,17,19). The summed E-state index contributed by atoms with van der Waals surface area (Å²) in [6.45, 7) is 1.77. The minimum Gasteiger partial charge on any atom is -0.319 e. The number of nitrogen functional groups attached to an aromatic ring is 1. The lowest BCUT2D eigenvalue weighted by atomic mass is 10.2. The molecule has 98 valence electrons. The average Bonchev–Trinajstić information content (AvgIpc) is 2.42. The van der Waals surface area contributed by atoms with Gasteiger partial charge in [-0.1, -0.05) is 6.07 Å². The molecular weight excluding hydrogens is 247 g/mol. The van der Waals surface area contributed by atoms with Gasteiger partial charge in [0.05, 0.1) is 11.3 Å². The third-order valence-corrected chi connectivity index (χ3v) is 2.55. The summed E-state index contributed by atoms with van der Waals surface area (Å²) in [5.74, 6) is 4.71. The summed E-state index contributed by atoms with van der Waals surface area (Å²) in [4.78, 5) is 15.8. The van der Waals surface area contributed by atoms with Gasteiger partial charge in [0.1, 0.15) is 11.6 Å². The Kier molecular flexibility index (Phi) is 3.72. The van der Waals surface area contributed by atoms with Crippen LogP contribution in [0.15, 0.2) is 36.5 Å². The van der Waals surface area contributed by atoms with Gasteiger partial charge in [0.25, 0.3) is 5.91 Å². The van der Waals surface area contributed by atoms with Crippen molar-refractivity contribution in [1.82, 2.24) is 4.98 Å². The number of rotatable bonds is 3. The number of carbonyl (C=O) groups excluding carboxylic acids is 1. The number of amides is 1. The number of hydrogen-bond acceptors (Lipinski definition) is 4. The lowest BCUT2D eigenvalue weighted by Gasteiger charge is -2.07. The first-order valence-electron chi connectivity index (χ1n) is 5.60. The molecule has 2 rings (SSSR count). The number of benzene rings is 1. The van der Waals surface area contributed by atoms with Crippen LogP contribution in [0.2, 0.25) is 0 Å². The number of aromatic nitrogens is 1. The Morgan fingerprint density at radius 1 is 1.32 bits per heavy atom. The SMILES string of the molecule is Cc1ccc(NC(=O)c2ccc(NN)nc2)c(F)c1. The first-order chi connectivity index (χ1) is 9.10. The van der Waals surface area contributed by atoms with E-state index in [1.54, 1.807) is 25.1 Å². The van der Waals surface area contributed by atoms with Gasteiger partial charge in [0.2, 0.25) is 0 Å². The van der Waals surface area contributed by atoms with Crippen molar-refractivity contribution < 1.29 is 9.18 Å². The van der Waals surface area contributed by atoms with E-state index in [0.29, 0.717) is 11.4 Å². The van der Waals surface area contributed by atoms with Crippen LogP contribution in [-0.2, 0) is 0 Å². The summed E-state index contributed by atoms with van der Waals surface area (Å²) in [6, 6.07) is 7.70. The second-order valence-electron chi connectivity index (χ2n) is 4.01. The Morgan fingerprint density at radius 3 is 2.68 bits per heavy atom. The molecule has 0 unspecified atom stereocenters. The van der Waals surface area contributed by atoms with E-state index in [0.717, 1.165) is 5.56 Å². The van der Waals surface area contributed by atoms with E-state index < -0.39 is 11.7 Å². The molecule has 1 aromatic heterocycles. The zero-order valence-electron chi connectivity index (χ0n) is 10.3. The quantitative estimate of drug-likeness (QED) is 0.583. The molecule has 2 aromatic rings. The minimum atomic E-state index is -0.471. The molecule has 0 fully saturated rings. The predicted molar refractivity (Wildman–Crippen MR) is 71.1 cm³/mol. The molecule has 1 heterocycles. The normalized spacial score (nSPS) is 10.1. The Morgan fingerprint density at radius 2 is 2.11 bits per heavy atom. The fourth-order valence-electron chi connectivity index (χ4n) is 1.53. The lowest BCUT2D eigenvalue weighted by Crippen LogP contribution is -2.14. The van der Waals surface area contributed by atoms with Crippen LogP contribution in [0.25, 0.3) is 0 Å². The Labute approximate surface area is 109 Å². The van der Waals surface area contributed by atoms with E-state index in [1.807, 2.05) is 0 Å². The first kappa shape index (κ1) is 13.0. The minimum absolute atomic E-state index is 0.136. The van der Waals surface area contributed by atoms with E-state index >= 15 is 0 Å². The van der Waals surface area contributed by atoms with Crippen LogP contribution in [0.3, 0.4) is 0 Å². The topological polar surface area (TPSA) is 80.0 Å². The molecule has 0 aliphatic carbocycles. The van der Waals surface area contributed by atoms with Gasteiger partial charge < -0.3 is 10.7 Å². The number of carbonyl (C=O) groups is 1. The summed E-state index contributed by atoms with van der Waals surface area (Å²) in [5, 5.41) is 2.49. The molecule has 1 aromatic carbocycles. The highest BCUT2D eigenvalue weighted by Crippen LogP contribution is 2.16. The summed E-state index contributed by atoms with van der Waals surface area (Å²) in [6.07, 6.45) is 1.36. The van der Waals surface area contributed by atoms with Crippen LogP contribution in [0.5, 0.6) is 0 Å². The van der Waals surface area contributed by atoms with Gasteiger partial charge in [0.15, 0.2) is 0 Å². The monoisotopic (exact) mass is 260 g/mol. The second kappa shape index (κ2) is 5.45. The van der Waals surface area contributed by atoms with Gasteiger partial charge in [-0.25, -0.2) is 15.2 Å². The predicted octanol–water partition coefficient (Wildman–Crippen LogP) is 2.07. The van der Waals surface area contributed by atoms with Gasteiger partial charge in [-0.05, 0) is 36.8 Å². The van der Waals surface area contributed by atoms with Gasteiger partial charge in [-0.15, -0.1) is 0 Å². The van der Waals surface area contributed by atoms with Crippen molar-refractivity contribution >= 4 is 17.4 Å². The van der Waals surface area contributed by atoms with Gasteiger partial charge in [0, 0.05) is 6.20 Å². The number of nitrogens with two attached hydrogens (primary N) is 1. The van der Waals surface area contributed by atoms with Crippen LogP contribution in [0, 0.1) is 12.7 Å². The highest BCUT2D eigenvalue weighted by atomic mass is 19.1. The maximum atomic E-state index is 13.6. The number of anilines is 2. The summed E-state index contributed by atoms with van der Waals surface area (Å²) >= 11 is 0. The number of aryl methyl sites for hydroxylation is 1. The smallest absolute Gasteiger partial charge is 0.257 e. The van der Waals surface area contributed by atoms with E-state index in [4.69, 9.17) is 5.84 Å². The first-order valence-corrected chi connectivity index (χ1v) is 5.60. The van der Waals surface area contributed by atoms with E-state index in [1.165, 1.54) is 18.3 Å². The third kappa shape index (κ3) is 3.05. The molecule has 4 N–H and O–H groups in total. The van der Waals surface area contributed by atoms with E-state index in [-0.39, 0.29) is 5.69 Å². The fourth-order valence-corrected chi connectivity index (χ4v) is 1.53. The van der Waals surface area contributed by atoms with Crippen molar-refractivity contribution in [2.24, 2.45) is 5.84 Å². The van der Waals surface area contributed by atoms with Gasteiger partial charge >= 0.3 is 0 Å². The number of nitrogens with zero attached hydrogens (tertiary/aromatic N) is 1. The fraction of sp³-hybridized carbons (Fsp3) is 0.0769. The molecule has 0 saturated heterocycles. The Hall–Kier alpha value is -2.47. The second-order valence-corrected chi connectivity index (χ2v) is 4.01. The molecule has 0 radical (unpaired) electrons. The van der Waals surface area contributed by atoms with E-state index in [9.17, 15) is 9.18 Å². The van der Waals surface area contributed by atoms with Crippen LogP contribution in [0.1, 0.15) is 15.9 Å². The molecule has 0 saturated carbocycles. The van der Waals surface area contributed by atoms with Crippen molar-refractivity contribution in [2.45, 2.75) is 6.92 Å². The van der Waals surface area contributed by atoms with Crippen molar-refractivity contribution in [1.29, 1.82) is 0 Å². The average molecular weight is 260 g/mol. The van der Waals surface area contributed by atoms with E-state index in [2.05, 4.69) is 15.7 Å². The maximum absolute atomic E-state index is 13.6. The largest absolute Gasteiger partial charge is 0.319 e. The van der Waals surface area contributed by atoms with Crippen LogP contribution in [-0.4, -0.2) is 10.9 Å². The molecule has 0 atom stereocenters. The van der Waals surface area contributed by atoms with Crippen LogP contribution in [0.4, 0.5) is 15.9 Å². The number of pyridine rings is 1. The Balaban J connectivity index is 2.15. The molecule has 5 nitrogen and oxygen atoms in total. The number of hydrazine groups is 1. The van der Waals surface area contributed by atoms with Crippen molar-refractivity contribution in [3.8, 4) is 0 Å². The lowest BCUT2D eigenvalue weighted by molar-refractivity contribution is 0.102. The number of nitrogens with one attached hydrogen (secondary N) is 2. The molecule has 6 heteroatoms. The highest BCUT2D eigenvalue weighted by Gasteiger charge is 2.09. The number of hydrogen-bond donors (Lipinski definition) is 3. The summed E-state index contributed by atoms with van der Waals surface area (Å²) in [7, 11) is 0. The van der Waals surface area contributed by atoms with Crippen LogP contribution >= 0.6 is 0 Å². The van der Waals surface area contributed by atoms with Crippen molar-refractivity contribution in [3.05, 3.63) is 53.5 Å². The maximum Gasteiger partial charge on any atom is 0.257 e. The van der Waals surface area contributed by atoms with Crippen LogP contribution < -0.4 is 16.6 Å². The molecule has 0 aliphatic rings. The van der Waals surface area contributed by atoms with Gasteiger partial charge in [-0.3, -0.25) is 4.79 Å². The zero-order valence-corrected chi connectivity index (χ0v) is 10.3. The molecular formula is C13H13FN4O. The molecule has 0 bridgehead atoms. The third-order valence-electron chi connectivity index (χ3n) is 2.55. The molecule has 1 amide bonds. The summed E-state index contributed by atoms with van der Waals surface area (Å²) in [5.41, 5.74) is 3.60. The number of halogens is 1. The van der Waals surface area contributed by atoms with Crippen molar-refractivity contribution in [3.63, 3.8) is 0 Å². The highest BCUT2D eigenvalue weighted by molar-refractivity contribution is 6.04.